The third-order valence-electron chi connectivity index (χ3n) is 4.21. The number of hydrogen-bond acceptors (Lipinski definition) is 5. The van der Waals surface area contributed by atoms with Gasteiger partial charge in [0.05, 0.1) is 5.52 Å². The number of para-hydroxylation sites is 2. The topological polar surface area (TPSA) is 113 Å². The predicted molar refractivity (Wildman–Crippen MR) is 108 cm³/mol. The van der Waals surface area contributed by atoms with Crippen LogP contribution in [0.15, 0.2) is 57.7 Å². The molecule has 1 aromatic heterocycles. The fraction of sp³-hybridized carbons (Fsp3) is 0.286. The van der Waals surface area contributed by atoms with Gasteiger partial charge in [0.2, 0.25) is 0 Å². The molecule has 8 nitrogen and oxygen atoms in total. The number of carboxylic acids is 2. The van der Waals surface area contributed by atoms with Crippen molar-refractivity contribution in [2.45, 2.75) is 26.4 Å². The van der Waals surface area contributed by atoms with Crippen molar-refractivity contribution in [1.29, 1.82) is 0 Å². The lowest BCUT2D eigenvalue weighted by molar-refractivity contribution is -0.159. The van der Waals surface area contributed by atoms with E-state index in [0.717, 1.165) is 25.0 Å². The van der Waals surface area contributed by atoms with Crippen LogP contribution in [0.3, 0.4) is 0 Å². The van der Waals surface area contributed by atoms with Crippen LogP contribution < -0.4 is 5.76 Å². The van der Waals surface area contributed by atoms with Gasteiger partial charge in [0.1, 0.15) is 0 Å². The van der Waals surface area contributed by atoms with Crippen molar-refractivity contribution in [2.24, 2.45) is 0 Å². The van der Waals surface area contributed by atoms with Crippen LogP contribution in [0.4, 0.5) is 0 Å². The Labute approximate surface area is 167 Å². The second kappa shape index (κ2) is 10.2. The van der Waals surface area contributed by atoms with E-state index in [9.17, 15) is 4.79 Å². The maximum Gasteiger partial charge on any atom is 0.419 e. The first-order chi connectivity index (χ1) is 13.8. The molecule has 0 aliphatic heterocycles. The molecule has 0 amide bonds. The monoisotopic (exact) mass is 400 g/mol. The van der Waals surface area contributed by atoms with Gasteiger partial charge in [-0.15, -0.1) is 0 Å². The SMILES string of the molecule is Cc1cccc(CN(C)CCCn2c(=O)oc3ccccc32)c1.O=C(O)C(=O)O. The third-order valence-corrected chi connectivity index (χ3v) is 4.21. The van der Waals surface area contributed by atoms with E-state index in [1.165, 1.54) is 11.1 Å². The molecule has 8 heteroatoms. The highest BCUT2D eigenvalue weighted by molar-refractivity contribution is 6.27. The van der Waals surface area contributed by atoms with Crippen LogP contribution in [0.5, 0.6) is 0 Å². The van der Waals surface area contributed by atoms with Crippen molar-refractivity contribution in [3.8, 4) is 0 Å². The van der Waals surface area contributed by atoms with Gasteiger partial charge in [-0.3, -0.25) is 4.57 Å². The van der Waals surface area contributed by atoms with E-state index >= 15 is 0 Å². The van der Waals surface area contributed by atoms with Crippen molar-refractivity contribution in [2.75, 3.05) is 13.6 Å². The molecule has 154 valence electrons. The standard InChI is InChI=1S/C19H22N2O2.C2H2O4/c1-15-7-5-8-16(13-15)14-20(2)11-6-12-21-17-9-3-4-10-18(17)23-19(21)22;3-1(4)2(5)6/h3-5,7-10,13H,6,11-12,14H2,1-2H3;(H,3,4)(H,5,6). The number of carbonyl (C=O) groups is 2. The summed E-state index contributed by atoms with van der Waals surface area (Å²) in [6, 6.07) is 16.1. The number of oxazole rings is 1. The van der Waals surface area contributed by atoms with Gasteiger partial charge in [-0.1, -0.05) is 42.0 Å². The van der Waals surface area contributed by atoms with E-state index in [1.54, 1.807) is 4.57 Å². The predicted octanol–water partition coefficient (Wildman–Crippen LogP) is 2.58. The molecule has 29 heavy (non-hydrogen) atoms. The van der Waals surface area contributed by atoms with E-state index in [2.05, 4.69) is 43.1 Å². The molecule has 0 bridgehead atoms. The molecule has 0 atom stereocenters. The van der Waals surface area contributed by atoms with E-state index in [1.807, 2.05) is 24.3 Å². The zero-order valence-corrected chi connectivity index (χ0v) is 16.4. The third kappa shape index (κ3) is 6.62. The molecule has 0 fully saturated rings. The molecule has 3 aromatic rings. The molecule has 0 unspecified atom stereocenters. The molecule has 0 aliphatic rings. The first kappa shape index (κ1) is 21.9. The number of nitrogens with zero attached hydrogens (tertiary/aromatic N) is 2. The summed E-state index contributed by atoms with van der Waals surface area (Å²) in [5, 5.41) is 14.8. The Morgan fingerprint density at radius 1 is 1.07 bits per heavy atom. The molecule has 0 aliphatic carbocycles. The summed E-state index contributed by atoms with van der Waals surface area (Å²) >= 11 is 0. The lowest BCUT2D eigenvalue weighted by Crippen LogP contribution is -2.22. The second-order valence-electron chi connectivity index (χ2n) is 6.68. The minimum atomic E-state index is -1.82. The number of aliphatic carboxylic acids is 2. The summed E-state index contributed by atoms with van der Waals surface area (Å²) in [7, 11) is 2.11. The number of benzene rings is 2. The van der Waals surface area contributed by atoms with Gasteiger partial charge in [0.15, 0.2) is 5.58 Å². The van der Waals surface area contributed by atoms with Gasteiger partial charge in [-0.05, 0) is 44.6 Å². The Hall–Kier alpha value is -3.39. The van der Waals surface area contributed by atoms with Crippen molar-refractivity contribution < 1.29 is 24.2 Å². The molecule has 3 rings (SSSR count). The Balaban J connectivity index is 0.000000438. The fourth-order valence-electron chi connectivity index (χ4n) is 2.93. The average Bonchev–Trinajstić information content (AvgIpc) is 2.97. The van der Waals surface area contributed by atoms with E-state index < -0.39 is 11.9 Å². The van der Waals surface area contributed by atoms with Crippen LogP contribution in [0.1, 0.15) is 17.5 Å². The Bertz CT molecular complexity index is 1020. The smallest absolute Gasteiger partial charge is 0.419 e. The van der Waals surface area contributed by atoms with Gasteiger partial charge in [0.25, 0.3) is 0 Å². The van der Waals surface area contributed by atoms with Crippen LogP contribution in [-0.4, -0.2) is 45.2 Å². The number of carboxylic acid groups (broad SMARTS) is 2. The molecular weight excluding hydrogens is 376 g/mol. The number of rotatable bonds is 6. The van der Waals surface area contributed by atoms with Gasteiger partial charge < -0.3 is 19.5 Å². The first-order valence-corrected chi connectivity index (χ1v) is 9.06. The van der Waals surface area contributed by atoms with Gasteiger partial charge in [-0.25, -0.2) is 14.4 Å². The molecular formula is C21H24N2O6. The maximum atomic E-state index is 11.9. The summed E-state index contributed by atoms with van der Waals surface area (Å²) < 4.78 is 6.98. The minimum absolute atomic E-state index is 0.271. The zero-order valence-electron chi connectivity index (χ0n) is 16.4. The number of hydrogen-bond donors (Lipinski definition) is 2. The lowest BCUT2D eigenvalue weighted by Gasteiger charge is -2.17. The Morgan fingerprint density at radius 2 is 1.76 bits per heavy atom. The van der Waals surface area contributed by atoms with Crippen molar-refractivity contribution in [3.05, 3.63) is 70.2 Å². The molecule has 0 spiro atoms. The molecule has 0 saturated heterocycles. The second-order valence-corrected chi connectivity index (χ2v) is 6.68. The molecule has 0 saturated carbocycles. The van der Waals surface area contributed by atoms with Crippen molar-refractivity contribution in [1.82, 2.24) is 9.47 Å². The van der Waals surface area contributed by atoms with Crippen LogP contribution in [0.25, 0.3) is 11.1 Å². The van der Waals surface area contributed by atoms with Crippen molar-refractivity contribution >= 4 is 23.0 Å². The molecule has 2 N–H and O–H groups in total. The normalized spacial score (nSPS) is 10.6. The summed E-state index contributed by atoms with van der Waals surface area (Å²) in [5.74, 6) is -3.92. The van der Waals surface area contributed by atoms with Gasteiger partial charge in [-0.2, -0.15) is 0 Å². The quantitative estimate of drug-likeness (QED) is 0.612. The Morgan fingerprint density at radius 3 is 2.41 bits per heavy atom. The summed E-state index contributed by atoms with van der Waals surface area (Å²) in [6.07, 6.45) is 0.908. The number of aryl methyl sites for hydroxylation is 2. The summed E-state index contributed by atoms with van der Waals surface area (Å²) in [6.45, 7) is 4.64. The average molecular weight is 400 g/mol. The Kier molecular flexibility index (Phi) is 7.73. The van der Waals surface area contributed by atoms with E-state index in [0.29, 0.717) is 12.1 Å². The van der Waals surface area contributed by atoms with E-state index in [-0.39, 0.29) is 5.76 Å². The highest BCUT2D eigenvalue weighted by atomic mass is 16.4. The van der Waals surface area contributed by atoms with Crippen LogP contribution >= 0.6 is 0 Å². The van der Waals surface area contributed by atoms with Crippen LogP contribution in [0.2, 0.25) is 0 Å². The van der Waals surface area contributed by atoms with E-state index in [4.69, 9.17) is 24.2 Å². The molecule has 2 aromatic carbocycles. The summed E-state index contributed by atoms with van der Waals surface area (Å²) in [5.41, 5.74) is 4.13. The highest BCUT2D eigenvalue weighted by Gasteiger charge is 2.08. The van der Waals surface area contributed by atoms with Crippen LogP contribution in [-0.2, 0) is 22.7 Å². The fourth-order valence-corrected chi connectivity index (χ4v) is 2.93. The first-order valence-electron chi connectivity index (χ1n) is 9.06. The lowest BCUT2D eigenvalue weighted by atomic mass is 10.1. The van der Waals surface area contributed by atoms with Crippen molar-refractivity contribution in [3.63, 3.8) is 0 Å². The van der Waals surface area contributed by atoms with Gasteiger partial charge >= 0.3 is 17.7 Å². The highest BCUT2D eigenvalue weighted by Crippen LogP contribution is 2.12. The minimum Gasteiger partial charge on any atom is -0.473 e. The number of aromatic nitrogens is 1. The maximum absolute atomic E-state index is 11.9. The largest absolute Gasteiger partial charge is 0.473 e. The summed E-state index contributed by atoms with van der Waals surface area (Å²) in [4.78, 5) is 32.4. The molecule has 0 radical (unpaired) electrons. The number of fused-ring (bicyclic) bond motifs is 1. The van der Waals surface area contributed by atoms with Gasteiger partial charge in [0, 0.05) is 13.1 Å². The molecule has 1 heterocycles. The van der Waals surface area contributed by atoms with Crippen LogP contribution in [0, 0.1) is 6.92 Å². The zero-order chi connectivity index (χ0) is 21.4.